The van der Waals surface area contributed by atoms with Crippen LogP contribution < -0.4 is 19.1 Å². The van der Waals surface area contributed by atoms with E-state index in [2.05, 4.69) is 0 Å². The second kappa shape index (κ2) is 9.78. The number of hydrogen-bond acceptors (Lipinski definition) is 7. The number of likely N-dealkylation sites (N-methyl/N-ethyl adjacent to an activating group) is 1. The molecule has 1 aromatic carbocycles. The third-order valence-corrected chi connectivity index (χ3v) is 2.47. The first-order valence-electron chi connectivity index (χ1n) is 6.66. The molecule has 1 N–H and O–H groups in total. The van der Waals surface area contributed by atoms with Crippen molar-refractivity contribution in [1.82, 2.24) is 0 Å². The molecule has 0 aliphatic heterocycles. The van der Waals surface area contributed by atoms with E-state index in [4.69, 9.17) is 23.4 Å². The number of carbonyl (C=O) groups is 1. The fourth-order valence-corrected chi connectivity index (χ4v) is 1.76. The van der Waals surface area contributed by atoms with Crippen molar-refractivity contribution < 1.29 is 48.0 Å². The fraction of sp³-hybridized carbons (Fsp3) is 0.500. The molecule has 9 heteroatoms. The van der Waals surface area contributed by atoms with E-state index in [1.54, 1.807) is 0 Å². The molecule has 1 aromatic rings. The number of hydrogen-bond donors (Lipinski definition) is 1. The van der Waals surface area contributed by atoms with Crippen LogP contribution in [0.2, 0.25) is 0 Å². The zero-order chi connectivity index (χ0) is 18.1. The largest absolute Gasteiger partial charge is 0.550 e. The first-order valence-corrected chi connectivity index (χ1v) is 7.92. The Bertz CT molecular complexity index is 450. The van der Waals surface area contributed by atoms with E-state index in [1.807, 2.05) is 51.5 Å². The quantitative estimate of drug-likeness (QED) is 0.498. The number of carboxylic acids is 1. The van der Waals surface area contributed by atoms with E-state index in [9.17, 15) is 9.90 Å². The highest BCUT2D eigenvalue weighted by atomic mass is 35.7. The number of quaternary nitrogens is 1. The molecule has 0 radical (unpaired) electrons. The maximum Gasteiger partial charge on any atom is 0.112 e. The lowest BCUT2D eigenvalue weighted by Crippen LogP contribution is -2.58. The van der Waals surface area contributed by atoms with Crippen LogP contribution in [0.25, 0.3) is 0 Å². The maximum atomic E-state index is 10.7. The lowest BCUT2D eigenvalue weighted by atomic mass is 10.2. The Morgan fingerprint density at radius 1 is 1.22 bits per heavy atom. The Balaban J connectivity index is 0.000000841. The molecule has 1 rings (SSSR count). The van der Waals surface area contributed by atoms with Gasteiger partial charge in [0.25, 0.3) is 0 Å². The zero-order valence-electron chi connectivity index (χ0n) is 13.3. The predicted octanol–water partition coefficient (Wildman–Crippen LogP) is -3.71. The standard InChI is InChI=1S/C14H21NO3.ClHO4/c1-15(2,3)10-13(9-14(16)17)18-11-12-7-5-4-6-8-12;2-1(3,4)5/h4-8,13H,9-11H2,1-3H3;(H,2,3,4,5). The lowest BCUT2D eigenvalue weighted by molar-refractivity contribution is -1.92. The second-order valence-corrected chi connectivity index (χ2v) is 6.66. The molecular formula is C14H22ClNO7. The molecule has 23 heavy (non-hydrogen) atoms. The van der Waals surface area contributed by atoms with Gasteiger partial charge in [-0.05, 0) is 5.56 Å². The van der Waals surface area contributed by atoms with Gasteiger partial charge in [0, 0.05) is 12.4 Å². The second-order valence-electron chi connectivity index (χ2n) is 5.86. The Morgan fingerprint density at radius 3 is 2.09 bits per heavy atom. The summed E-state index contributed by atoms with van der Waals surface area (Å²) in [6, 6.07) is 9.73. The average Bonchev–Trinajstić information content (AvgIpc) is 2.32. The van der Waals surface area contributed by atoms with Crippen molar-refractivity contribution in [2.24, 2.45) is 0 Å². The highest BCUT2D eigenvalue weighted by Gasteiger charge is 2.19. The van der Waals surface area contributed by atoms with Crippen molar-refractivity contribution >= 4 is 5.97 Å². The molecule has 0 saturated carbocycles. The van der Waals surface area contributed by atoms with E-state index < -0.39 is 16.2 Å². The van der Waals surface area contributed by atoms with E-state index in [0.717, 1.165) is 5.56 Å². The topological polar surface area (TPSA) is 139 Å². The normalized spacial score (nSPS) is 13.0. The van der Waals surface area contributed by atoms with Gasteiger partial charge in [-0.25, -0.2) is 0 Å². The molecule has 0 aliphatic carbocycles. The van der Waals surface area contributed by atoms with Crippen LogP contribution in [0.3, 0.4) is 0 Å². The molecule has 132 valence electrons. The fourth-order valence-electron chi connectivity index (χ4n) is 1.76. The van der Waals surface area contributed by atoms with Crippen molar-refractivity contribution in [3.63, 3.8) is 0 Å². The average molecular weight is 352 g/mol. The molecule has 0 bridgehead atoms. The number of aliphatic carboxylic acids is 1. The van der Waals surface area contributed by atoms with Gasteiger partial charge in [0.2, 0.25) is 0 Å². The number of ether oxygens (including phenoxy) is 1. The summed E-state index contributed by atoms with van der Waals surface area (Å²) in [5.74, 6) is -1.07. The third-order valence-electron chi connectivity index (χ3n) is 2.47. The van der Waals surface area contributed by atoms with Crippen LogP contribution in [-0.4, -0.2) is 48.9 Å². The number of nitrogens with zero attached hydrogens (tertiary/aromatic N) is 1. The minimum absolute atomic E-state index is 0.0671. The summed E-state index contributed by atoms with van der Waals surface area (Å²) in [6.07, 6.45) is -0.391. The summed E-state index contributed by atoms with van der Waals surface area (Å²) in [7, 11) is 1.33. The van der Waals surface area contributed by atoms with Crippen LogP contribution in [0.4, 0.5) is 0 Å². The van der Waals surface area contributed by atoms with Gasteiger partial charge >= 0.3 is 0 Å². The molecular weight excluding hydrogens is 330 g/mol. The van der Waals surface area contributed by atoms with Crippen LogP contribution >= 0.6 is 0 Å². The van der Waals surface area contributed by atoms with Gasteiger partial charge in [-0.3, -0.25) is 0 Å². The first kappa shape index (κ1) is 21.7. The molecule has 1 atom stereocenters. The van der Waals surface area contributed by atoms with Crippen LogP contribution in [0.1, 0.15) is 12.0 Å². The summed E-state index contributed by atoms with van der Waals surface area (Å²) < 4.78 is 39.1. The lowest BCUT2D eigenvalue weighted by Gasteiger charge is -2.29. The van der Waals surface area contributed by atoms with E-state index in [1.165, 1.54) is 0 Å². The number of halogens is 1. The minimum atomic E-state index is -4.69. The van der Waals surface area contributed by atoms with Gasteiger partial charge in [0.15, 0.2) is 0 Å². The molecule has 0 spiro atoms. The SMILES string of the molecule is C[N+](C)(C)CC(CC(=O)[O-])OCc1ccccc1.[O-][Cl+3]([O-])([O-])O. The van der Waals surface area contributed by atoms with E-state index >= 15 is 0 Å². The number of benzene rings is 1. The van der Waals surface area contributed by atoms with Crippen molar-refractivity contribution in [3.05, 3.63) is 35.9 Å². The minimum Gasteiger partial charge on any atom is -0.550 e. The third kappa shape index (κ3) is 16.9. The summed E-state index contributed by atoms with van der Waals surface area (Å²) in [6.45, 7) is 1.07. The molecule has 8 nitrogen and oxygen atoms in total. The number of carbonyl (C=O) groups excluding carboxylic acids is 1. The molecule has 0 aromatic heterocycles. The van der Waals surface area contributed by atoms with Crippen LogP contribution in [0.15, 0.2) is 30.3 Å². The van der Waals surface area contributed by atoms with Gasteiger partial charge < -0.3 is 19.1 Å². The van der Waals surface area contributed by atoms with Crippen molar-refractivity contribution in [2.45, 2.75) is 19.1 Å². The van der Waals surface area contributed by atoms with Gasteiger partial charge in [-0.1, -0.05) is 30.3 Å². The molecule has 0 saturated heterocycles. The summed E-state index contributed by atoms with van der Waals surface area (Å²) in [5, 5.41) is 10.7. The molecule has 0 heterocycles. The highest BCUT2D eigenvalue weighted by Crippen LogP contribution is 2.08. The molecule has 1 unspecified atom stereocenters. The number of carboxylic acid groups (broad SMARTS) is 1. The van der Waals surface area contributed by atoms with Crippen molar-refractivity contribution in [1.29, 1.82) is 0 Å². The Kier molecular flexibility index (Phi) is 9.25. The van der Waals surface area contributed by atoms with Gasteiger partial charge in [-0.2, -0.15) is 14.0 Å². The van der Waals surface area contributed by atoms with Gasteiger partial charge in [-0.15, -0.1) is 0 Å². The smallest absolute Gasteiger partial charge is 0.112 e. The van der Waals surface area contributed by atoms with E-state index in [0.29, 0.717) is 17.6 Å². The molecule has 0 amide bonds. The Hall–Kier alpha value is -1.26. The highest BCUT2D eigenvalue weighted by molar-refractivity contribution is 5.64. The Labute approximate surface area is 137 Å². The van der Waals surface area contributed by atoms with E-state index in [-0.39, 0.29) is 12.5 Å². The number of rotatable bonds is 7. The van der Waals surface area contributed by atoms with Crippen LogP contribution in [0.5, 0.6) is 0 Å². The van der Waals surface area contributed by atoms with Crippen molar-refractivity contribution in [3.8, 4) is 0 Å². The molecule has 0 aliphatic rings. The van der Waals surface area contributed by atoms with Crippen molar-refractivity contribution in [2.75, 3.05) is 27.7 Å². The summed E-state index contributed by atoms with van der Waals surface area (Å²) >= 11 is 0. The summed E-state index contributed by atoms with van der Waals surface area (Å²) in [4.78, 5) is 10.7. The summed E-state index contributed by atoms with van der Waals surface area (Å²) in [5.41, 5.74) is 1.04. The van der Waals surface area contributed by atoms with Gasteiger partial charge in [0.05, 0.1) is 42.7 Å². The maximum absolute atomic E-state index is 10.7. The van der Waals surface area contributed by atoms with Crippen LogP contribution in [0, 0.1) is 10.2 Å². The monoisotopic (exact) mass is 351 g/mol. The van der Waals surface area contributed by atoms with Gasteiger partial charge in [0.1, 0.15) is 12.6 Å². The first-order chi connectivity index (χ1) is 10.4. The Morgan fingerprint density at radius 2 is 1.70 bits per heavy atom. The molecule has 0 fully saturated rings. The van der Waals surface area contributed by atoms with Crippen LogP contribution in [-0.2, 0) is 16.1 Å². The predicted molar refractivity (Wildman–Crippen MR) is 69.8 cm³/mol. The zero-order valence-corrected chi connectivity index (χ0v) is 14.1.